The van der Waals surface area contributed by atoms with Crippen LogP contribution in [0.5, 0.6) is 0 Å². The molecule has 182 valence electrons. The highest BCUT2D eigenvalue weighted by molar-refractivity contribution is 7.92. The Morgan fingerprint density at radius 3 is 2.50 bits per heavy atom. The van der Waals surface area contributed by atoms with Gasteiger partial charge in [-0.25, -0.2) is 8.42 Å². The van der Waals surface area contributed by atoms with Gasteiger partial charge in [-0.15, -0.1) is 0 Å². The number of allylic oxidation sites excluding steroid dienone is 2. The standard InChI is InChI=1S/C27H44O4S/c1-6-20(2)12-13-21(3)23(5)27(32(29,30)26-10-8-7-9-11-26)19-25(28)18-24-15-17-31-16-14-22(24)4/h7-11,13,20,22-25,27-28H,6,12,14-19H2,1-5H3/b21-13-. The molecule has 0 spiro atoms. The molecule has 1 aromatic rings. The van der Waals surface area contributed by atoms with Crippen LogP contribution in [-0.4, -0.2) is 38.1 Å². The van der Waals surface area contributed by atoms with Crippen LogP contribution in [-0.2, 0) is 14.6 Å². The Morgan fingerprint density at radius 1 is 1.19 bits per heavy atom. The van der Waals surface area contributed by atoms with Gasteiger partial charge in [0.15, 0.2) is 9.84 Å². The first-order valence-electron chi connectivity index (χ1n) is 12.4. The highest BCUT2D eigenvalue weighted by atomic mass is 32.2. The molecule has 2 rings (SSSR count). The summed E-state index contributed by atoms with van der Waals surface area (Å²) >= 11 is 0. The quantitative estimate of drug-likeness (QED) is 0.405. The highest BCUT2D eigenvalue weighted by Crippen LogP contribution is 2.33. The van der Waals surface area contributed by atoms with Gasteiger partial charge in [-0.2, -0.15) is 0 Å². The molecule has 0 bridgehead atoms. The normalized spacial score (nSPS) is 24.4. The summed E-state index contributed by atoms with van der Waals surface area (Å²) in [4.78, 5) is 0.343. The van der Waals surface area contributed by atoms with Crippen LogP contribution in [0.15, 0.2) is 46.9 Å². The van der Waals surface area contributed by atoms with E-state index in [1.165, 1.54) is 0 Å². The van der Waals surface area contributed by atoms with E-state index in [1.54, 1.807) is 24.3 Å². The first-order chi connectivity index (χ1) is 15.2. The van der Waals surface area contributed by atoms with E-state index in [0.717, 1.165) is 44.5 Å². The minimum atomic E-state index is -3.57. The van der Waals surface area contributed by atoms with Gasteiger partial charge in [-0.1, -0.05) is 64.0 Å². The molecule has 0 amide bonds. The zero-order valence-electron chi connectivity index (χ0n) is 20.7. The van der Waals surface area contributed by atoms with E-state index >= 15 is 0 Å². The number of hydrogen-bond acceptors (Lipinski definition) is 4. The molecule has 5 heteroatoms. The molecule has 6 atom stereocenters. The summed E-state index contributed by atoms with van der Waals surface area (Å²) in [5.74, 6) is 1.26. The molecule has 0 radical (unpaired) electrons. The molecule has 0 saturated carbocycles. The van der Waals surface area contributed by atoms with Gasteiger partial charge in [0.1, 0.15) is 0 Å². The summed E-state index contributed by atoms with van der Waals surface area (Å²) in [6.45, 7) is 12.1. The lowest BCUT2D eigenvalue weighted by molar-refractivity contribution is 0.108. The van der Waals surface area contributed by atoms with Crippen LogP contribution in [0.4, 0.5) is 0 Å². The predicted molar refractivity (Wildman–Crippen MR) is 132 cm³/mol. The van der Waals surface area contributed by atoms with Crippen LogP contribution in [0.3, 0.4) is 0 Å². The second-order valence-electron chi connectivity index (χ2n) is 9.93. The second kappa shape index (κ2) is 12.9. The summed E-state index contributed by atoms with van der Waals surface area (Å²) in [7, 11) is -3.57. The van der Waals surface area contributed by atoms with Gasteiger partial charge < -0.3 is 9.84 Å². The first kappa shape index (κ1) is 27.1. The molecule has 4 nitrogen and oxygen atoms in total. The minimum Gasteiger partial charge on any atom is -0.393 e. The van der Waals surface area contributed by atoms with Crippen LogP contribution >= 0.6 is 0 Å². The number of aliphatic hydroxyl groups is 1. The van der Waals surface area contributed by atoms with Crippen LogP contribution in [0.2, 0.25) is 0 Å². The fourth-order valence-corrected chi connectivity index (χ4v) is 6.72. The molecule has 0 aromatic heterocycles. The van der Waals surface area contributed by atoms with Crippen molar-refractivity contribution >= 4 is 9.84 Å². The second-order valence-corrected chi connectivity index (χ2v) is 12.1. The molecule has 1 aromatic carbocycles. The van der Waals surface area contributed by atoms with Crippen molar-refractivity contribution in [2.75, 3.05) is 13.2 Å². The van der Waals surface area contributed by atoms with E-state index in [0.29, 0.717) is 29.1 Å². The van der Waals surface area contributed by atoms with Gasteiger partial charge in [-0.3, -0.25) is 0 Å². The average Bonchev–Trinajstić information content (AvgIpc) is 2.99. The Labute approximate surface area is 196 Å². The molecular weight excluding hydrogens is 420 g/mol. The fraction of sp³-hybridized carbons (Fsp3) is 0.704. The summed E-state index contributed by atoms with van der Waals surface area (Å²) in [5.41, 5.74) is 1.10. The average molecular weight is 465 g/mol. The minimum absolute atomic E-state index is 0.159. The summed E-state index contributed by atoms with van der Waals surface area (Å²) in [5, 5.41) is 10.4. The van der Waals surface area contributed by atoms with Gasteiger partial charge in [0.25, 0.3) is 0 Å². The third-order valence-electron chi connectivity index (χ3n) is 7.52. The van der Waals surface area contributed by atoms with Crippen molar-refractivity contribution < 1.29 is 18.3 Å². The first-order valence-corrected chi connectivity index (χ1v) is 13.9. The van der Waals surface area contributed by atoms with Crippen LogP contribution in [0, 0.1) is 23.7 Å². The Bertz CT molecular complexity index is 802. The van der Waals surface area contributed by atoms with E-state index < -0.39 is 21.2 Å². The molecule has 1 saturated heterocycles. The Hall–Kier alpha value is -1.17. The Morgan fingerprint density at radius 2 is 1.84 bits per heavy atom. The van der Waals surface area contributed by atoms with Crippen LogP contribution in [0.25, 0.3) is 0 Å². The monoisotopic (exact) mass is 464 g/mol. The molecule has 32 heavy (non-hydrogen) atoms. The van der Waals surface area contributed by atoms with E-state index in [2.05, 4.69) is 26.8 Å². The summed E-state index contributed by atoms with van der Waals surface area (Å²) in [6, 6.07) is 8.71. The van der Waals surface area contributed by atoms with Crippen molar-refractivity contribution in [3.05, 3.63) is 42.0 Å². The Balaban J connectivity index is 2.25. The lowest BCUT2D eigenvalue weighted by atomic mass is 9.83. The zero-order chi connectivity index (χ0) is 23.7. The number of sulfone groups is 1. The number of benzene rings is 1. The third-order valence-corrected chi connectivity index (χ3v) is 9.85. The van der Waals surface area contributed by atoms with Crippen molar-refractivity contribution in [2.45, 2.75) is 89.4 Å². The van der Waals surface area contributed by atoms with Crippen molar-refractivity contribution in [2.24, 2.45) is 23.7 Å². The predicted octanol–water partition coefficient (Wildman–Crippen LogP) is 6.05. The summed E-state index contributed by atoms with van der Waals surface area (Å²) in [6.07, 6.45) is 6.43. The lowest BCUT2D eigenvalue weighted by Crippen LogP contribution is -2.34. The van der Waals surface area contributed by atoms with Gasteiger partial charge >= 0.3 is 0 Å². The molecule has 1 N–H and O–H groups in total. The van der Waals surface area contributed by atoms with Crippen molar-refractivity contribution in [1.29, 1.82) is 0 Å². The van der Waals surface area contributed by atoms with E-state index in [-0.39, 0.29) is 12.3 Å². The molecule has 1 aliphatic rings. The van der Waals surface area contributed by atoms with E-state index in [1.807, 2.05) is 19.9 Å². The van der Waals surface area contributed by atoms with Crippen molar-refractivity contribution in [3.63, 3.8) is 0 Å². The largest absolute Gasteiger partial charge is 0.393 e. The van der Waals surface area contributed by atoms with Gasteiger partial charge in [-0.05, 0) is 74.8 Å². The Kier molecular flexibility index (Phi) is 10.9. The smallest absolute Gasteiger partial charge is 0.181 e. The molecular formula is C27H44O4S. The fourth-order valence-electron chi connectivity index (χ4n) is 4.61. The van der Waals surface area contributed by atoms with E-state index in [4.69, 9.17) is 4.74 Å². The number of ether oxygens (including phenoxy) is 1. The maximum Gasteiger partial charge on any atom is 0.181 e. The third kappa shape index (κ3) is 7.71. The summed E-state index contributed by atoms with van der Waals surface area (Å²) < 4.78 is 32.9. The number of rotatable bonds is 11. The molecule has 6 unspecified atom stereocenters. The van der Waals surface area contributed by atoms with E-state index in [9.17, 15) is 13.5 Å². The number of aliphatic hydroxyl groups excluding tert-OH is 1. The van der Waals surface area contributed by atoms with Gasteiger partial charge in [0.2, 0.25) is 0 Å². The lowest BCUT2D eigenvalue weighted by Gasteiger charge is -2.29. The molecule has 1 heterocycles. The highest BCUT2D eigenvalue weighted by Gasteiger charge is 2.35. The van der Waals surface area contributed by atoms with Gasteiger partial charge in [0, 0.05) is 13.2 Å². The molecule has 0 aliphatic carbocycles. The van der Waals surface area contributed by atoms with Crippen LogP contribution in [0.1, 0.15) is 73.1 Å². The topological polar surface area (TPSA) is 63.6 Å². The van der Waals surface area contributed by atoms with Crippen molar-refractivity contribution in [3.8, 4) is 0 Å². The maximum atomic E-state index is 13.7. The zero-order valence-corrected chi connectivity index (χ0v) is 21.5. The SMILES string of the molecule is CCC(C)C/C=C(/C)C(C)C(CC(O)CC1CCOCCC1C)S(=O)(=O)c1ccccc1. The van der Waals surface area contributed by atoms with Gasteiger partial charge in [0.05, 0.1) is 16.2 Å². The van der Waals surface area contributed by atoms with Crippen LogP contribution < -0.4 is 0 Å². The molecule has 1 fully saturated rings. The maximum absolute atomic E-state index is 13.7. The molecule has 1 aliphatic heterocycles. The van der Waals surface area contributed by atoms with Crippen molar-refractivity contribution in [1.82, 2.24) is 0 Å². The number of hydrogen-bond donors (Lipinski definition) is 1.